The van der Waals surface area contributed by atoms with Gasteiger partial charge in [-0.3, -0.25) is 14.2 Å². The van der Waals surface area contributed by atoms with Crippen molar-refractivity contribution in [3.8, 4) is 5.69 Å². The molecule has 0 aliphatic heterocycles. The molecule has 0 saturated heterocycles. The number of carbonyl (C=O) groups is 1. The first-order chi connectivity index (χ1) is 12.5. The highest BCUT2D eigenvalue weighted by molar-refractivity contribution is 7.99. The summed E-state index contributed by atoms with van der Waals surface area (Å²) < 4.78 is 14.7. The van der Waals surface area contributed by atoms with Gasteiger partial charge in [-0.25, -0.2) is 9.37 Å². The Hall–Kier alpha value is -2.64. The molecule has 8 heteroatoms. The second-order valence-corrected chi connectivity index (χ2v) is 6.64. The van der Waals surface area contributed by atoms with E-state index >= 15 is 0 Å². The van der Waals surface area contributed by atoms with E-state index in [0.29, 0.717) is 16.4 Å². The Balaban J connectivity index is 1.71. The molecule has 0 aliphatic carbocycles. The second kappa shape index (κ2) is 8.16. The summed E-state index contributed by atoms with van der Waals surface area (Å²) in [4.78, 5) is 28.6. The van der Waals surface area contributed by atoms with Crippen molar-refractivity contribution in [2.24, 2.45) is 0 Å². The van der Waals surface area contributed by atoms with E-state index in [0.717, 1.165) is 11.8 Å². The molecule has 0 aliphatic rings. The number of nitrogens with one attached hydrogen (secondary N) is 1. The fraction of sp³-hybridized carbons (Fsp3) is 0.0556. The lowest BCUT2D eigenvalue weighted by molar-refractivity contribution is -0.113. The number of hydrogen-bond donors (Lipinski definition) is 1. The lowest BCUT2D eigenvalue weighted by Crippen LogP contribution is -2.22. The molecule has 0 unspecified atom stereocenters. The molecular weight excluding hydrogens is 377 g/mol. The van der Waals surface area contributed by atoms with Crippen LogP contribution in [-0.2, 0) is 4.79 Å². The zero-order chi connectivity index (χ0) is 18.5. The topological polar surface area (TPSA) is 64.0 Å². The molecular formula is C18H13ClFN3O2S. The third kappa shape index (κ3) is 4.50. The van der Waals surface area contributed by atoms with Crippen molar-refractivity contribution in [2.45, 2.75) is 5.03 Å². The SMILES string of the molecule is O=C(CSc1nccn(-c2cccc(F)c2)c1=O)Nc1cccc(Cl)c1. The van der Waals surface area contributed by atoms with E-state index < -0.39 is 11.4 Å². The van der Waals surface area contributed by atoms with Crippen LogP contribution in [0.15, 0.2) is 70.7 Å². The van der Waals surface area contributed by atoms with Crippen molar-refractivity contribution in [1.82, 2.24) is 9.55 Å². The average molecular weight is 390 g/mol. The van der Waals surface area contributed by atoms with Gasteiger partial charge in [0.05, 0.1) is 11.4 Å². The Labute approximate surface area is 157 Å². The van der Waals surface area contributed by atoms with Crippen LogP contribution < -0.4 is 10.9 Å². The monoisotopic (exact) mass is 389 g/mol. The number of rotatable bonds is 5. The molecule has 5 nitrogen and oxygen atoms in total. The van der Waals surface area contributed by atoms with Gasteiger partial charge in [-0.05, 0) is 36.4 Å². The first-order valence-corrected chi connectivity index (χ1v) is 8.91. The van der Waals surface area contributed by atoms with E-state index in [4.69, 9.17) is 11.6 Å². The molecule has 26 heavy (non-hydrogen) atoms. The maximum Gasteiger partial charge on any atom is 0.287 e. The number of amides is 1. The highest BCUT2D eigenvalue weighted by Crippen LogP contribution is 2.17. The first-order valence-electron chi connectivity index (χ1n) is 7.55. The summed E-state index contributed by atoms with van der Waals surface area (Å²) in [6, 6.07) is 12.4. The molecule has 1 N–H and O–H groups in total. The zero-order valence-electron chi connectivity index (χ0n) is 13.4. The van der Waals surface area contributed by atoms with Crippen molar-refractivity contribution in [3.05, 3.63) is 82.1 Å². The number of hydrogen-bond acceptors (Lipinski definition) is 4. The van der Waals surface area contributed by atoms with Gasteiger partial charge in [0.25, 0.3) is 5.56 Å². The molecule has 1 heterocycles. The van der Waals surface area contributed by atoms with Crippen LogP contribution in [0.4, 0.5) is 10.1 Å². The summed E-state index contributed by atoms with van der Waals surface area (Å²) in [6.07, 6.45) is 2.89. The van der Waals surface area contributed by atoms with Crippen LogP contribution in [0.5, 0.6) is 0 Å². The van der Waals surface area contributed by atoms with Crippen LogP contribution in [0.2, 0.25) is 5.02 Å². The minimum Gasteiger partial charge on any atom is -0.325 e. The van der Waals surface area contributed by atoms with Gasteiger partial charge in [0.15, 0.2) is 5.03 Å². The Bertz CT molecular complexity index is 1010. The van der Waals surface area contributed by atoms with Crippen molar-refractivity contribution >= 4 is 35.0 Å². The van der Waals surface area contributed by atoms with Gasteiger partial charge in [0.1, 0.15) is 5.82 Å². The van der Waals surface area contributed by atoms with Gasteiger partial charge >= 0.3 is 0 Å². The van der Waals surface area contributed by atoms with Gasteiger partial charge in [0, 0.05) is 23.1 Å². The Morgan fingerprint density at radius 2 is 2.04 bits per heavy atom. The standard InChI is InChI=1S/C18H13ClFN3O2S/c19-12-3-1-5-14(9-12)22-16(24)11-26-17-18(25)23(8-7-21-17)15-6-2-4-13(20)10-15/h1-10H,11H2,(H,22,24). The molecule has 0 spiro atoms. The van der Waals surface area contributed by atoms with Crippen LogP contribution in [-0.4, -0.2) is 21.2 Å². The molecule has 3 rings (SSSR count). The summed E-state index contributed by atoms with van der Waals surface area (Å²) in [6.45, 7) is 0. The van der Waals surface area contributed by atoms with E-state index in [-0.39, 0.29) is 16.7 Å². The second-order valence-electron chi connectivity index (χ2n) is 5.23. The van der Waals surface area contributed by atoms with Gasteiger partial charge < -0.3 is 5.32 Å². The molecule has 0 radical (unpaired) electrons. The van der Waals surface area contributed by atoms with E-state index in [1.165, 1.54) is 35.2 Å². The van der Waals surface area contributed by atoms with Crippen molar-refractivity contribution in [2.75, 3.05) is 11.1 Å². The number of aromatic nitrogens is 2. The van der Waals surface area contributed by atoms with Crippen LogP contribution in [0.25, 0.3) is 5.69 Å². The number of carbonyl (C=O) groups excluding carboxylic acids is 1. The molecule has 0 atom stereocenters. The van der Waals surface area contributed by atoms with Crippen LogP contribution in [0.1, 0.15) is 0 Å². The zero-order valence-corrected chi connectivity index (χ0v) is 14.9. The number of benzene rings is 2. The van der Waals surface area contributed by atoms with Gasteiger partial charge in [-0.2, -0.15) is 0 Å². The summed E-state index contributed by atoms with van der Waals surface area (Å²) >= 11 is 6.88. The third-order valence-corrected chi connectivity index (χ3v) is 4.54. The fourth-order valence-electron chi connectivity index (χ4n) is 2.22. The third-order valence-electron chi connectivity index (χ3n) is 3.34. The van der Waals surface area contributed by atoms with E-state index in [1.54, 1.807) is 30.3 Å². The number of halogens is 2. The lowest BCUT2D eigenvalue weighted by atomic mass is 10.3. The highest BCUT2D eigenvalue weighted by atomic mass is 35.5. The Morgan fingerprint density at radius 1 is 1.23 bits per heavy atom. The predicted molar refractivity (Wildman–Crippen MR) is 101 cm³/mol. The van der Waals surface area contributed by atoms with E-state index in [9.17, 15) is 14.0 Å². The van der Waals surface area contributed by atoms with Crippen molar-refractivity contribution in [1.29, 1.82) is 0 Å². The first kappa shape index (κ1) is 18.2. The maximum absolute atomic E-state index is 13.4. The van der Waals surface area contributed by atoms with Crippen molar-refractivity contribution < 1.29 is 9.18 Å². The molecule has 132 valence electrons. The number of anilines is 1. The molecule has 0 fully saturated rings. The molecule has 2 aromatic carbocycles. The normalized spacial score (nSPS) is 10.5. The summed E-state index contributed by atoms with van der Waals surface area (Å²) in [5.74, 6) is -0.733. The van der Waals surface area contributed by atoms with Gasteiger partial charge in [-0.1, -0.05) is 35.5 Å². The van der Waals surface area contributed by atoms with E-state index in [2.05, 4.69) is 10.3 Å². The van der Waals surface area contributed by atoms with Gasteiger partial charge in [-0.15, -0.1) is 0 Å². The molecule has 0 saturated carbocycles. The van der Waals surface area contributed by atoms with Crippen molar-refractivity contribution in [3.63, 3.8) is 0 Å². The summed E-state index contributed by atoms with van der Waals surface area (Å²) in [5, 5.41) is 3.36. The number of nitrogens with zero attached hydrogens (tertiary/aromatic N) is 2. The Morgan fingerprint density at radius 3 is 2.81 bits per heavy atom. The maximum atomic E-state index is 13.4. The summed E-state index contributed by atoms with van der Waals surface area (Å²) in [7, 11) is 0. The summed E-state index contributed by atoms with van der Waals surface area (Å²) in [5.41, 5.74) is 0.544. The highest BCUT2D eigenvalue weighted by Gasteiger charge is 2.11. The van der Waals surface area contributed by atoms with Crippen LogP contribution in [0.3, 0.4) is 0 Å². The van der Waals surface area contributed by atoms with Gasteiger partial charge in [0.2, 0.25) is 5.91 Å². The molecule has 1 amide bonds. The predicted octanol–water partition coefficient (Wildman–Crippen LogP) is 3.76. The minimum atomic E-state index is -0.443. The van der Waals surface area contributed by atoms with Crippen LogP contribution in [0, 0.1) is 5.82 Å². The number of thioether (sulfide) groups is 1. The lowest BCUT2D eigenvalue weighted by Gasteiger charge is -2.08. The fourth-order valence-corrected chi connectivity index (χ4v) is 3.11. The Kier molecular flexibility index (Phi) is 5.70. The average Bonchev–Trinajstić information content (AvgIpc) is 2.61. The molecule has 3 aromatic rings. The minimum absolute atomic E-state index is 0.00190. The largest absolute Gasteiger partial charge is 0.325 e. The quantitative estimate of drug-likeness (QED) is 0.675. The van der Waals surface area contributed by atoms with Crippen LogP contribution >= 0.6 is 23.4 Å². The molecule has 1 aromatic heterocycles. The van der Waals surface area contributed by atoms with E-state index in [1.807, 2.05) is 0 Å². The molecule has 0 bridgehead atoms. The smallest absolute Gasteiger partial charge is 0.287 e.